The Hall–Kier alpha value is -3.06. The van der Waals surface area contributed by atoms with E-state index in [0.717, 1.165) is 10.8 Å². The molecule has 122 valence electrons. The van der Waals surface area contributed by atoms with E-state index in [2.05, 4.69) is 10.0 Å². The minimum Gasteiger partial charge on any atom is -0.351 e. The lowest BCUT2D eigenvalue weighted by Gasteiger charge is -2.10. The van der Waals surface area contributed by atoms with Crippen molar-refractivity contribution in [3.63, 3.8) is 0 Å². The molecule has 24 heavy (non-hydrogen) atoms. The van der Waals surface area contributed by atoms with E-state index < -0.39 is 16.1 Å². The molecule has 0 aromatic heterocycles. The van der Waals surface area contributed by atoms with E-state index in [1.165, 1.54) is 0 Å². The number of anilines is 2. The van der Waals surface area contributed by atoms with Gasteiger partial charge in [-0.1, -0.05) is 30.3 Å². The summed E-state index contributed by atoms with van der Waals surface area (Å²) in [6, 6.07) is 18.0. The Bertz CT molecular complexity index is 999. The lowest BCUT2D eigenvalue weighted by atomic mass is 10.1. The molecule has 4 N–H and O–H groups in total. The molecule has 3 aromatic carbocycles. The summed E-state index contributed by atoms with van der Waals surface area (Å²) in [7, 11) is -3.70. The molecule has 0 heterocycles. The molecular weight excluding hydrogens is 326 g/mol. The third kappa shape index (κ3) is 3.47. The number of carbonyl (C=O) groups is 1. The first-order chi connectivity index (χ1) is 11.4. The number of fused-ring (bicyclic) bond motifs is 1. The van der Waals surface area contributed by atoms with Crippen LogP contribution in [-0.2, 0) is 10.0 Å². The maximum Gasteiger partial charge on any atom is 0.316 e. The summed E-state index contributed by atoms with van der Waals surface area (Å²) >= 11 is 0. The zero-order valence-corrected chi connectivity index (χ0v) is 13.4. The molecule has 6 nitrogen and oxygen atoms in total. The van der Waals surface area contributed by atoms with Crippen LogP contribution in [0.2, 0.25) is 0 Å². The van der Waals surface area contributed by atoms with Gasteiger partial charge in [0.1, 0.15) is 0 Å². The molecule has 0 bridgehead atoms. The van der Waals surface area contributed by atoms with Gasteiger partial charge in [0.05, 0.1) is 4.90 Å². The third-order valence-corrected chi connectivity index (χ3v) is 4.81. The fourth-order valence-electron chi connectivity index (χ4n) is 2.31. The van der Waals surface area contributed by atoms with E-state index >= 15 is 0 Å². The van der Waals surface area contributed by atoms with E-state index in [9.17, 15) is 13.2 Å². The van der Waals surface area contributed by atoms with Gasteiger partial charge in [-0.25, -0.2) is 13.2 Å². The van der Waals surface area contributed by atoms with Gasteiger partial charge in [-0.05, 0) is 47.2 Å². The third-order valence-electron chi connectivity index (χ3n) is 3.44. The number of benzene rings is 3. The van der Waals surface area contributed by atoms with Crippen LogP contribution in [0.3, 0.4) is 0 Å². The smallest absolute Gasteiger partial charge is 0.316 e. The maximum absolute atomic E-state index is 12.5. The number of carbonyl (C=O) groups excluding carboxylic acids is 1. The van der Waals surface area contributed by atoms with Crippen molar-refractivity contribution in [2.45, 2.75) is 4.90 Å². The van der Waals surface area contributed by atoms with Crippen LogP contribution in [0.5, 0.6) is 0 Å². The number of hydrogen-bond donors (Lipinski definition) is 3. The Balaban J connectivity index is 1.85. The van der Waals surface area contributed by atoms with Gasteiger partial charge in [0, 0.05) is 11.4 Å². The monoisotopic (exact) mass is 341 g/mol. The first-order valence-electron chi connectivity index (χ1n) is 7.12. The van der Waals surface area contributed by atoms with E-state index in [1.54, 1.807) is 42.5 Å². The minimum atomic E-state index is -3.70. The van der Waals surface area contributed by atoms with Gasteiger partial charge in [0.2, 0.25) is 0 Å². The fourth-order valence-corrected chi connectivity index (χ4v) is 3.41. The average Bonchev–Trinajstić information content (AvgIpc) is 2.55. The van der Waals surface area contributed by atoms with Gasteiger partial charge >= 0.3 is 6.03 Å². The summed E-state index contributed by atoms with van der Waals surface area (Å²) in [6.07, 6.45) is 0. The topological polar surface area (TPSA) is 101 Å². The van der Waals surface area contributed by atoms with Gasteiger partial charge in [0.25, 0.3) is 10.0 Å². The van der Waals surface area contributed by atoms with Crippen LogP contribution >= 0.6 is 0 Å². The van der Waals surface area contributed by atoms with Crippen LogP contribution in [-0.4, -0.2) is 14.4 Å². The van der Waals surface area contributed by atoms with Crippen molar-refractivity contribution in [1.29, 1.82) is 0 Å². The number of urea groups is 1. The molecule has 3 rings (SSSR count). The number of nitrogens with two attached hydrogens (primary N) is 1. The normalized spacial score (nSPS) is 11.2. The molecule has 0 radical (unpaired) electrons. The zero-order chi connectivity index (χ0) is 17.2. The molecule has 7 heteroatoms. The quantitative estimate of drug-likeness (QED) is 0.679. The van der Waals surface area contributed by atoms with E-state index in [-0.39, 0.29) is 4.90 Å². The molecule has 3 aromatic rings. The van der Waals surface area contributed by atoms with Crippen LogP contribution in [0, 0.1) is 0 Å². The number of nitrogens with one attached hydrogen (secondary N) is 2. The fraction of sp³-hybridized carbons (Fsp3) is 0. The molecule has 0 aliphatic heterocycles. The van der Waals surface area contributed by atoms with Gasteiger partial charge in [-0.15, -0.1) is 0 Å². The van der Waals surface area contributed by atoms with Crippen molar-refractivity contribution in [2.24, 2.45) is 5.73 Å². The highest BCUT2D eigenvalue weighted by molar-refractivity contribution is 7.92. The Morgan fingerprint density at radius 3 is 2.12 bits per heavy atom. The van der Waals surface area contributed by atoms with Crippen LogP contribution in [0.4, 0.5) is 16.2 Å². The molecule has 0 atom stereocenters. The van der Waals surface area contributed by atoms with Crippen LogP contribution in [0.1, 0.15) is 0 Å². The molecule has 0 fully saturated rings. The first kappa shape index (κ1) is 15.8. The SMILES string of the molecule is NC(=O)Nc1ccc(NS(=O)(=O)c2ccc3ccccc3c2)cc1. The molecule has 0 unspecified atom stereocenters. The molecule has 2 amide bonds. The average molecular weight is 341 g/mol. The highest BCUT2D eigenvalue weighted by atomic mass is 32.2. The summed E-state index contributed by atoms with van der Waals surface area (Å²) in [4.78, 5) is 11.0. The van der Waals surface area contributed by atoms with Crippen LogP contribution < -0.4 is 15.8 Å². The highest BCUT2D eigenvalue weighted by Gasteiger charge is 2.14. The maximum atomic E-state index is 12.5. The predicted octanol–water partition coefficient (Wildman–Crippen LogP) is 3.13. The van der Waals surface area contributed by atoms with Gasteiger partial charge in [-0.2, -0.15) is 0 Å². The highest BCUT2D eigenvalue weighted by Crippen LogP contribution is 2.22. The molecule has 0 saturated heterocycles. The van der Waals surface area contributed by atoms with Crippen molar-refractivity contribution in [3.05, 3.63) is 66.7 Å². The number of rotatable bonds is 4. The van der Waals surface area contributed by atoms with E-state index in [1.807, 2.05) is 24.3 Å². The van der Waals surface area contributed by atoms with Crippen LogP contribution in [0.25, 0.3) is 10.8 Å². The number of sulfonamides is 1. The standard InChI is InChI=1S/C17H15N3O3S/c18-17(21)19-14-6-8-15(9-7-14)20-24(22,23)16-10-5-12-3-1-2-4-13(12)11-16/h1-11,20H,(H3,18,19,21). The lowest BCUT2D eigenvalue weighted by molar-refractivity contribution is 0.259. The van der Waals surface area contributed by atoms with Gasteiger partial charge in [-0.3, -0.25) is 4.72 Å². The van der Waals surface area contributed by atoms with Gasteiger partial charge < -0.3 is 11.1 Å². The summed E-state index contributed by atoms with van der Waals surface area (Å²) in [5, 5.41) is 4.23. The Kier molecular flexibility index (Phi) is 4.09. The summed E-state index contributed by atoms with van der Waals surface area (Å²) in [5.41, 5.74) is 5.89. The largest absolute Gasteiger partial charge is 0.351 e. The van der Waals surface area contributed by atoms with E-state index in [0.29, 0.717) is 11.4 Å². The Morgan fingerprint density at radius 2 is 1.46 bits per heavy atom. The van der Waals surface area contributed by atoms with Crippen molar-refractivity contribution < 1.29 is 13.2 Å². The minimum absolute atomic E-state index is 0.181. The second kappa shape index (κ2) is 6.21. The number of primary amides is 1. The van der Waals surface area contributed by atoms with Crippen molar-refractivity contribution in [2.75, 3.05) is 10.0 Å². The second-order valence-electron chi connectivity index (χ2n) is 5.18. The van der Waals surface area contributed by atoms with Gasteiger partial charge in [0.15, 0.2) is 0 Å². The Labute approximate surface area is 139 Å². The van der Waals surface area contributed by atoms with E-state index in [4.69, 9.17) is 5.73 Å². The molecule has 0 saturated carbocycles. The number of hydrogen-bond acceptors (Lipinski definition) is 3. The first-order valence-corrected chi connectivity index (χ1v) is 8.60. The Morgan fingerprint density at radius 1 is 0.833 bits per heavy atom. The van der Waals surface area contributed by atoms with Crippen molar-refractivity contribution in [3.8, 4) is 0 Å². The molecular formula is C17H15N3O3S. The summed E-state index contributed by atoms with van der Waals surface area (Å²) < 4.78 is 27.5. The molecule has 0 aliphatic rings. The lowest BCUT2D eigenvalue weighted by Crippen LogP contribution is -2.19. The van der Waals surface area contributed by atoms with Crippen molar-refractivity contribution in [1.82, 2.24) is 0 Å². The second-order valence-corrected chi connectivity index (χ2v) is 6.86. The molecule has 0 aliphatic carbocycles. The van der Waals surface area contributed by atoms with Crippen molar-refractivity contribution >= 4 is 38.2 Å². The van der Waals surface area contributed by atoms with Crippen LogP contribution in [0.15, 0.2) is 71.6 Å². The summed E-state index contributed by atoms with van der Waals surface area (Å²) in [6.45, 7) is 0. The summed E-state index contributed by atoms with van der Waals surface area (Å²) in [5.74, 6) is 0. The molecule has 0 spiro atoms. The zero-order valence-electron chi connectivity index (χ0n) is 12.6. The number of amides is 2. The predicted molar refractivity (Wildman–Crippen MR) is 94.4 cm³/mol.